The summed E-state index contributed by atoms with van der Waals surface area (Å²) in [6.07, 6.45) is 0.659. The van der Waals surface area contributed by atoms with Crippen molar-refractivity contribution in [2.24, 2.45) is 5.92 Å². The zero-order valence-electron chi connectivity index (χ0n) is 28.5. The monoisotopic (exact) mass is 676 g/mol. The summed E-state index contributed by atoms with van der Waals surface area (Å²) in [5, 5.41) is 11.4. The molecule has 4 atom stereocenters. The van der Waals surface area contributed by atoms with Gasteiger partial charge in [0.15, 0.2) is 0 Å². The van der Waals surface area contributed by atoms with Gasteiger partial charge in [-0.3, -0.25) is 28.9 Å². The summed E-state index contributed by atoms with van der Waals surface area (Å²) in [4.78, 5) is 71.7. The quantitative estimate of drug-likeness (QED) is 0.357. The first-order chi connectivity index (χ1) is 23.6. The van der Waals surface area contributed by atoms with Crippen molar-refractivity contribution in [2.45, 2.75) is 77.3 Å². The molecular formula is C36H48N6O7. The summed E-state index contributed by atoms with van der Waals surface area (Å²) in [5.41, 5.74) is 2.17. The van der Waals surface area contributed by atoms with Crippen LogP contribution < -0.4 is 26.0 Å². The summed E-state index contributed by atoms with van der Waals surface area (Å²) < 4.78 is 11.4. The molecule has 5 amide bonds. The summed E-state index contributed by atoms with van der Waals surface area (Å²) >= 11 is 0. The van der Waals surface area contributed by atoms with Crippen LogP contribution in [0.2, 0.25) is 0 Å². The Morgan fingerprint density at radius 1 is 0.939 bits per heavy atom. The van der Waals surface area contributed by atoms with E-state index in [0.717, 1.165) is 30.8 Å². The van der Waals surface area contributed by atoms with Gasteiger partial charge >= 0.3 is 0 Å². The van der Waals surface area contributed by atoms with Gasteiger partial charge in [-0.15, -0.1) is 0 Å². The van der Waals surface area contributed by atoms with Gasteiger partial charge in [0.1, 0.15) is 30.5 Å². The summed E-state index contributed by atoms with van der Waals surface area (Å²) in [7, 11) is 0. The normalized spacial score (nSPS) is 24.5. The first-order valence-electron chi connectivity index (χ1n) is 17.2. The molecule has 2 saturated heterocycles. The Labute approximate surface area is 287 Å². The standard InChI is InChI=1S/C36H48N6O7/c1-23(2)32-36(47)38-24(3)22-49-30-12-5-4-10-27(30)33(44)39-28(19-31(43)42-13-7-11-29(42)35(46)40-32)34(45)37-20-25-8-6-9-26(18-25)21-41-14-16-48-17-15-41/h4-6,8-10,12,18,23-24,28-29,32H,7,11,13-17,19-22H2,1-3H3,(H,37,45)(H,38,47)(H,39,44)(H,40,46)/t24-,28-,29-,32+/m0/s1. The molecule has 2 aromatic rings. The molecule has 0 aromatic heterocycles. The Morgan fingerprint density at radius 3 is 2.47 bits per heavy atom. The predicted octanol–water partition coefficient (Wildman–Crippen LogP) is 1.35. The minimum Gasteiger partial charge on any atom is -0.491 e. The number of amides is 5. The first-order valence-corrected chi connectivity index (χ1v) is 17.2. The van der Waals surface area contributed by atoms with Crippen LogP contribution in [0.5, 0.6) is 5.75 Å². The van der Waals surface area contributed by atoms with Crippen LogP contribution in [-0.2, 0) is 37.0 Å². The lowest BCUT2D eigenvalue weighted by molar-refractivity contribution is -0.141. The number of rotatable bonds is 6. The molecule has 49 heavy (non-hydrogen) atoms. The van der Waals surface area contributed by atoms with Gasteiger partial charge in [-0.05, 0) is 48.9 Å². The summed E-state index contributed by atoms with van der Waals surface area (Å²) in [6.45, 7) is 9.90. The molecule has 13 heteroatoms. The number of ether oxygens (including phenoxy) is 2. The molecule has 4 N–H and O–H groups in total. The highest BCUT2D eigenvalue weighted by molar-refractivity contribution is 6.01. The van der Waals surface area contributed by atoms with Gasteiger partial charge in [-0.25, -0.2) is 0 Å². The molecule has 0 radical (unpaired) electrons. The fourth-order valence-corrected chi connectivity index (χ4v) is 6.40. The molecule has 0 unspecified atom stereocenters. The molecule has 0 saturated carbocycles. The van der Waals surface area contributed by atoms with Crippen molar-refractivity contribution in [3.63, 3.8) is 0 Å². The van der Waals surface area contributed by atoms with Gasteiger partial charge in [0.25, 0.3) is 5.91 Å². The first kappa shape index (κ1) is 35.8. The number of fused-ring (bicyclic) bond motifs is 2. The molecule has 5 rings (SSSR count). The van der Waals surface area contributed by atoms with E-state index in [9.17, 15) is 24.0 Å². The van der Waals surface area contributed by atoms with Crippen LogP contribution in [0.3, 0.4) is 0 Å². The van der Waals surface area contributed by atoms with E-state index in [4.69, 9.17) is 9.47 Å². The number of para-hydroxylation sites is 1. The Morgan fingerprint density at radius 2 is 1.69 bits per heavy atom. The predicted molar refractivity (Wildman–Crippen MR) is 181 cm³/mol. The van der Waals surface area contributed by atoms with Gasteiger partial charge in [-0.1, -0.05) is 50.2 Å². The van der Waals surface area contributed by atoms with Crippen LogP contribution in [0.1, 0.15) is 61.5 Å². The number of morpholine rings is 1. The summed E-state index contributed by atoms with van der Waals surface area (Å²) in [5.74, 6) is -2.32. The molecule has 264 valence electrons. The van der Waals surface area contributed by atoms with Crippen molar-refractivity contribution in [1.82, 2.24) is 31.1 Å². The van der Waals surface area contributed by atoms with Crippen LogP contribution in [0.15, 0.2) is 48.5 Å². The lowest BCUT2D eigenvalue weighted by Gasteiger charge is -2.29. The topological polar surface area (TPSA) is 158 Å². The highest BCUT2D eigenvalue weighted by atomic mass is 16.5. The number of benzene rings is 2. The highest BCUT2D eigenvalue weighted by Gasteiger charge is 2.38. The summed E-state index contributed by atoms with van der Waals surface area (Å²) in [6, 6.07) is 11.2. The van der Waals surface area contributed by atoms with Crippen LogP contribution in [-0.4, -0.2) is 103 Å². The smallest absolute Gasteiger partial charge is 0.255 e. The number of hydrogen-bond donors (Lipinski definition) is 4. The van der Waals surface area contributed by atoms with Crippen molar-refractivity contribution >= 4 is 29.5 Å². The largest absolute Gasteiger partial charge is 0.491 e. The average Bonchev–Trinajstić information content (AvgIpc) is 3.59. The molecule has 3 aliphatic heterocycles. The second kappa shape index (κ2) is 16.8. The number of hydrogen-bond acceptors (Lipinski definition) is 8. The maximum absolute atomic E-state index is 13.8. The minimum atomic E-state index is -1.23. The van der Waals surface area contributed by atoms with Gasteiger partial charge in [0, 0.05) is 32.7 Å². The van der Waals surface area contributed by atoms with E-state index in [0.29, 0.717) is 32.6 Å². The number of carbonyl (C=O) groups is 5. The third-order valence-corrected chi connectivity index (χ3v) is 9.10. The van der Waals surface area contributed by atoms with E-state index >= 15 is 0 Å². The third kappa shape index (κ3) is 9.57. The van der Waals surface area contributed by atoms with Crippen LogP contribution in [0.25, 0.3) is 0 Å². The van der Waals surface area contributed by atoms with Crippen LogP contribution in [0, 0.1) is 5.92 Å². The lowest BCUT2D eigenvalue weighted by atomic mass is 10.0. The maximum atomic E-state index is 13.8. The molecule has 2 fully saturated rings. The van der Waals surface area contributed by atoms with E-state index in [1.807, 2.05) is 38.1 Å². The van der Waals surface area contributed by atoms with Crippen LogP contribution in [0.4, 0.5) is 0 Å². The van der Waals surface area contributed by atoms with Gasteiger partial charge in [0.2, 0.25) is 23.6 Å². The number of nitrogens with zero attached hydrogens (tertiary/aromatic N) is 2. The Balaban J connectivity index is 1.37. The lowest BCUT2D eigenvalue weighted by Crippen LogP contribution is -2.56. The van der Waals surface area contributed by atoms with Crippen molar-refractivity contribution in [2.75, 3.05) is 39.5 Å². The second-order valence-electron chi connectivity index (χ2n) is 13.3. The molecule has 3 aliphatic rings. The fraction of sp³-hybridized carbons (Fsp3) is 0.528. The molecular weight excluding hydrogens is 628 g/mol. The van der Waals surface area contributed by atoms with Crippen LogP contribution >= 0.6 is 0 Å². The SMILES string of the molecule is CC(C)[C@H]1NC(=O)[C@@H]2CCCN2C(=O)C[C@@H](C(=O)NCc2cccc(CN3CCOCC3)c2)NC(=O)c2ccccc2OC[C@H](C)NC1=O. The van der Waals surface area contributed by atoms with E-state index < -0.39 is 47.8 Å². The van der Waals surface area contributed by atoms with E-state index in [2.05, 4.69) is 26.2 Å². The highest BCUT2D eigenvalue weighted by Crippen LogP contribution is 2.22. The molecule has 0 spiro atoms. The molecule has 3 heterocycles. The molecule has 0 aliphatic carbocycles. The van der Waals surface area contributed by atoms with Gasteiger partial charge in [-0.2, -0.15) is 0 Å². The second-order valence-corrected chi connectivity index (χ2v) is 13.3. The van der Waals surface area contributed by atoms with Crippen molar-refractivity contribution in [3.8, 4) is 5.75 Å². The Kier molecular flexibility index (Phi) is 12.2. The van der Waals surface area contributed by atoms with Gasteiger partial charge < -0.3 is 35.6 Å². The molecule has 13 nitrogen and oxygen atoms in total. The molecule has 2 aromatic carbocycles. The average molecular weight is 677 g/mol. The zero-order chi connectivity index (χ0) is 34.9. The van der Waals surface area contributed by atoms with Crippen molar-refractivity contribution < 1.29 is 33.4 Å². The molecule has 0 bridgehead atoms. The van der Waals surface area contributed by atoms with Crippen molar-refractivity contribution in [3.05, 3.63) is 65.2 Å². The maximum Gasteiger partial charge on any atom is 0.255 e. The Bertz CT molecular complexity index is 1510. The Hall–Kier alpha value is -4.49. The van der Waals surface area contributed by atoms with E-state index in [1.165, 1.54) is 4.90 Å². The minimum absolute atomic E-state index is 0.0538. The number of carbonyl (C=O) groups excluding carboxylic acids is 5. The number of nitrogens with one attached hydrogen (secondary N) is 4. The van der Waals surface area contributed by atoms with E-state index in [-0.39, 0.29) is 42.7 Å². The fourth-order valence-electron chi connectivity index (χ4n) is 6.40. The van der Waals surface area contributed by atoms with Crippen molar-refractivity contribution in [1.29, 1.82) is 0 Å². The zero-order valence-corrected chi connectivity index (χ0v) is 28.5. The van der Waals surface area contributed by atoms with Gasteiger partial charge in [0.05, 0.1) is 31.2 Å². The van der Waals surface area contributed by atoms with E-state index in [1.54, 1.807) is 31.2 Å². The third-order valence-electron chi connectivity index (χ3n) is 9.10.